The zero-order valence-electron chi connectivity index (χ0n) is 10.0. The third-order valence-corrected chi connectivity index (χ3v) is 3.10. The molecule has 0 saturated heterocycles. The number of para-hydroxylation sites is 1. The van der Waals surface area contributed by atoms with E-state index < -0.39 is 0 Å². The van der Waals surface area contributed by atoms with Crippen LogP contribution in [0.4, 0.5) is 5.69 Å². The lowest BCUT2D eigenvalue weighted by Gasteiger charge is -2.26. The minimum atomic E-state index is 0.300. The third kappa shape index (κ3) is 2.76. The van der Waals surface area contributed by atoms with Crippen molar-refractivity contribution >= 4 is 5.69 Å². The van der Waals surface area contributed by atoms with Gasteiger partial charge in [-0.25, -0.2) is 0 Å². The molecule has 0 fully saturated rings. The lowest BCUT2D eigenvalue weighted by atomic mass is 10.0. The highest BCUT2D eigenvalue weighted by molar-refractivity contribution is 5.53. The van der Waals surface area contributed by atoms with Crippen molar-refractivity contribution in [2.24, 2.45) is 0 Å². The van der Waals surface area contributed by atoms with Crippen molar-refractivity contribution < 1.29 is 4.74 Å². The molecule has 1 aromatic rings. The topological polar surface area (TPSA) is 21.3 Å². The molecule has 0 aliphatic carbocycles. The molecule has 16 heavy (non-hydrogen) atoms. The molecule has 2 rings (SSSR count). The van der Waals surface area contributed by atoms with Crippen LogP contribution in [0.1, 0.15) is 44.3 Å². The molecule has 1 unspecified atom stereocenters. The summed E-state index contributed by atoms with van der Waals surface area (Å²) in [6, 6.07) is 8.47. The van der Waals surface area contributed by atoms with Crippen LogP contribution in [0.5, 0.6) is 0 Å². The second-order valence-electron chi connectivity index (χ2n) is 4.37. The first-order chi connectivity index (χ1) is 7.92. The van der Waals surface area contributed by atoms with Crippen molar-refractivity contribution in [2.45, 2.75) is 38.7 Å². The molecule has 0 spiro atoms. The Bertz CT molecular complexity index is 324. The molecule has 1 aliphatic heterocycles. The van der Waals surface area contributed by atoms with Crippen LogP contribution in [0.2, 0.25) is 0 Å². The maximum absolute atomic E-state index is 5.97. The third-order valence-electron chi connectivity index (χ3n) is 3.10. The van der Waals surface area contributed by atoms with E-state index in [9.17, 15) is 0 Å². The summed E-state index contributed by atoms with van der Waals surface area (Å²) in [5.74, 6) is 0. The maximum atomic E-state index is 5.97. The molecule has 1 aliphatic rings. The lowest BCUT2D eigenvalue weighted by molar-refractivity contribution is 0.0448. The number of unbranched alkanes of at least 4 members (excludes halogenated alkanes) is 2. The van der Waals surface area contributed by atoms with E-state index >= 15 is 0 Å². The van der Waals surface area contributed by atoms with Gasteiger partial charge in [0.1, 0.15) is 0 Å². The van der Waals surface area contributed by atoms with Gasteiger partial charge in [0.25, 0.3) is 0 Å². The van der Waals surface area contributed by atoms with Crippen LogP contribution in [-0.2, 0) is 4.74 Å². The quantitative estimate of drug-likeness (QED) is 0.761. The van der Waals surface area contributed by atoms with Crippen LogP contribution >= 0.6 is 0 Å². The van der Waals surface area contributed by atoms with Crippen molar-refractivity contribution in [1.82, 2.24) is 0 Å². The molecular formula is C14H21NO. The summed E-state index contributed by atoms with van der Waals surface area (Å²) in [5.41, 5.74) is 2.57. The molecular weight excluding hydrogens is 198 g/mol. The predicted molar refractivity (Wildman–Crippen MR) is 67.8 cm³/mol. The zero-order chi connectivity index (χ0) is 11.2. The van der Waals surface area contributed by atoms with E-state index in [0.29, 0.717) is 6.10 Å². The molecule has 1 N–H and O–H groups in total. The highest BCUT2D eigenvalue weighted by atomic mass is 16.5. The molecule has 0 amide bonds. The highest BCUT2D eigenvalue weighted by Gasteiger charge is 2.19. The number of nitrogens with one attached hydrogen (secondary N) is 1. The SMILES string of the molecule is CCCCCOC1CCNc2ccccc21. The van der Waals surface area contributed by atoms with Crippen LogP contribution in [0, 0.1) is 0 Å². The number of benzene rings is 1. The van der Waals surface area contributed by atoms with Crippen molar-refractivity contribution in [2.75, 3.05) is 18.5 Å². The molecule has 1 heterocycles. The molecule has 2 heteroatoms. The Morgan fingerprint density at radius 3 is 3.06 bits per heavy atom. The van der Waals surface area contributed by atoms with Crippen molar-refractivity contribution in [3.05, 3.63) is 29.8 Å². The van der Waals surface area contributed by atoms with Gasteiger partial charge in [-0.3, -0.25) is 0 Å². The van der Waals surface area contributed by atoms with Gasteiger partial charge in [0.05, 0.1) is 6.10 Å². The second kappa shape index (κ2) is 5.90. The van der Waals surface area contributed by atoms with Gasteiger partial charge in [0, 0.05) is 24.4 Å². The van der Waals surface area contributed by atoms with Crippen LogP contribution in [0.15, 0.2) is 24.3 Å². The van der Waals surface area contributed by atoms with Crippen LogP contribution < -0.4 is 5.32 Å². The molecule has 2 nitrogen and oxygen atoms in total. The second-order valence-corrected chi connectivity index (χ2v) is 4.37. The molecule has 1 atom stereocenters. The van der Waals surface area contributed by atoms with E-state index in [1.807, 2.05) is 0 Å². The Hall–Kier alpha value is -1.02. The van der Waals surface area contributed by atoms with Gasteiger partial charge >= 0.3 is 0 Å². The molecule has 88 valence electrons. The van der Waals surface area contributed by atoms with Crippen LogP contribution in [-0.4, -0.2) is 13.2 Å². The zero-order valence-corrected chi connectivity index (χ0v) is 10.0. The summed E-state index contributed by atoms with van der Waals surface area (Å²) in [6.07, 6.45) is 5.10. The summed E-state index contributed by atoms with van der Waals surface area (Å²) in [5, 5.41) is 3.41. The van der Waals surface area contributed by atoms with Crippen molar-refractivity contribution in [1.29, 1.82) is 0 Å². The van der Waals surface area contributed by atoms with E-state index in [0.717, 1.165) is 19.6 Å². The van der Waals surface area contributed by atoms with E-state index in [4.69, 9.17) is 4.74 Å². The average Bonchev–Trinajstić information content (AvgIpc) is 2.35. The Kier molecular flexibility index (Phi) is 4.23. The number of ether oxygens (including phenoxy) is 1. The smallest absolute Gasteiger partial charge is 0.0861 e. The molecule has 0 bridgehead atoms. The average molecular weight is 219 g/mol. The Labute approximate surface area is 98.0 Å². The molecule has 1 aromatic carbocycles. The molecule has 0 radical (unpaired) electrons. The number of hydrogen-bond acceptors (Lipinski definition) is 2. The van der Waals surface area contributed by atoms with Gasteiger partial charge in [0.15, 0.2) is 0 Å². The number of anilines is 1. The first-order valence-corrected chi connectivity index (χ1v) is 6.36. The monoisotopic (exact) mass is 219 g/mol. The van der Waals surface area contributed by atoms with Gasteiger partial charge in [0.2, 0.25) is 0 Å². The molecule has 0 aromatic heterocycles. The first-order valence-electron chi connectivity index (χ1n) is 6.36. The largest absolute Gasteiger partial charge is 0.385 e. The summed E-state index contributed by atoms with van der Waals surface area (Å²) >= 11 is 0. The van der Waals surface area contributed by atoms with Gasteiger partial charge < -0.3 is 10.1 Å². The Balaban J connectivity index is 1.91. The van der Waals surface area contributed by atoms with Gasteiger partial charge in [-0.15, -0.1) is 0 Å². The van der Waals surface area contributed by atoms with Crippen molar-refractivity contribution in [3.8, 4) is 0 Å². The molecule has 0 saturated carbocycles. The van der Waals surface area contributed by atoms with Gasteiger partial charge in [-0.05, 0) is 18.9 Å². The standard InChI is InChI=1S/C14H21NO/c1-2-3-6-11-16-14-9-10-15-13-8-5-4-7-12(13)14/h4-5,7-8,14-15H,2-3,6,9-11H2,1H3. The van der Waals surface area contributed by atoms with Gasteiger partial charge in [-0.2, -0.15) is 0 Å². The Morgan fingerprint density at radius 2 is 2.19 bits per heavy atom. The predicted octanol–water partition coefficient (Wildman–Crippen LogP) is 3.75. The van der Waals surface area contributed by atoms with E-state index in [-0.39, 0.29) is 0 Å². The lowest BCUT2D eigenvalue weighted by Crippen LogP contribution is -2.19. The minimum Gasteiger partial charge on any atom is -0.385 e. The number of rotatable bonds is 5. The first kappa shape index (κ1) is 11.5. The van der Waals surface area contributed by atoms with Crippen LogP contribution in [0.25, 0.3) is 0 Å². The fraction of sp³-hybridized carbons (Fsp3) is 0.571. The van der Waals surface area contributed by atoms with E-state index in [1.54, 1.807) is 0 Å². The van der Waals surface area contributed by atoms with E-state index in [2.05, 4.69) is 36.5 Å². The maximum Gasteiger partial charge on any atom is 0.0861 e. The highest BCUT2D eigenvalue weighted by Crippen LogP contribution is 2.32. The summed E-state index contributed by atoms with van der Waals surface area (Å²) in [6.45, 7) is 4.14. The number of fused-ring (bicyclic) bond motifs is 1. The van der Waals surface area contributed by atoms with Crippen LogP contribution in [0.3, 0.4) is 0 Å². The fourth-order valence-corrected chi connectivity index (χ4v) is 2.18. The Morgan fingerprint density at radius 1 is 1.31 bits per heavy atom. The fourth-order valence-electron chi connectivity index (χ4n) is 2.18. The summed E-state index contributed by atoms with van der Waals surface area (Å²) in [4.78, 5) is 0. The van der Waals surface area contributed by atoms with E-state index in [1.165, 1.54) is 30.5 Å². The van der Waals surface area contributed by atoms with Gasteiger partial charge in [-0.1, -0.05) is 38.0 Å². The summed E-state index contributed by atoms with van der Waals surface area (Å²) in [7, 11) is 0. The normalized spacial score (nSPS) is 18.9. The summed E-state index contributed by atoms with van der Waals surface area (Å²) < 4.78 is 5.97. The van der Waals surface area contributed by atoms with Crippen molar-refractivity contribution in [3.63, 3.8) is 0 Å². The number of hydrogen-bond donors (Lipinski definition) is 1. The minimum absolute atomic E-state index is 0.300.